The smallest absolute Gasteiger partial charge is 0.320 e. The molecule has 0 aliphatic carbocycles. The van der Waals surface area contributed by atoms with Gasteiger partial charge in [-0.25, -0.2) is 4.79 Å². The normalized spacial score (nSPS) is 24.4. The van der Waals surface area contributed by atoms with Gasteiger partial charge in [0.05, 0.1) is 0 Å². The average Bonchev–Trinajstić information content (AvgIpc) is 2.67. The topological polar surface area (TPSA) is 26.8 Å². The van der Waals surface area contributed by atoms with Crippen LogP contribution in [0.3, 0.4) is 0 Å². The Bertz CT molecular complexity index is 291. The second kappa shape index (κ2) is 5.91. The molecule has 0 saturated carbocycles. The lowest BCUT2D eigenvalue weighted by Gasteiger charge is -2.35. The Morgan fingerprint density at radius 2 is 1.72 bits per heavy atom. The van der Waals surface area contributed by atoms with Crippen LogP contribution in [0.2, 0.25) is 0 Å². The van der Waals surface area contributed by atoms with Crippen LogP contribution in [0.25, 0.3) is 0 Å². The number of hydrogen-bond donors (Lipinski definition) is 0. The largest absolute Gasteiger partial charge is 0.325 e. The van der Waals surface area contributed by atoms with Gasteiger partial charge < -0.3 is 9.80 Å². The predicted molar refractivity (Wildman–Crippen MR) is 75.8 cm³/mol. The van der Waals surface area contributed by atoms with E-state index in [2.05, 4.69) is 46.6 Å². The van der Waals surface area contributed by atoms with E-state index < -0.39 is 0 Å². The van der Waals surface area contributed by atoms with Gasteiger partial charge in [0.2, 0.25) is 0 Å². The van der Waals surface area contributed by atoms with Crippen molar-refractivity contribution in [1.82, 2.24) is 14.7 Å². The Kier molecular flexibility index (Phi) is 5.02. The predicted octanol–water partition coefficient (Wildman–Crippen LogP) is 2.25. The fraction of sp³-hybridized carbons (Fsp3) is 0.929. The van der Waals surface area contributed by atoms with Gasteiger partial charge in [0.1, 0.15) is 0 Å². The molecule has 1 saturated heterocycles. The number of carbonyl (C=O) groups excluding carboxylic acids is 1. The minimum absolute atomic E-state index is 0.164. The summed E-state index contributed by atoms with van der Waals surface area (Å²) in [5.41, 5.74) is 0. The molecule has 4 heteroatoms. The van der Waals surface area contributed by atoms with Gasteiger partial charge in [0, 0.05) is 37.8 Å². The van der Waals surface area contributed by atoms with Crippen molar-refractivity contribution in [1.29, 1.82) is 0 Å². The van der Waals surface area contributed by atoms with Gasteiger partial charge >= 0.3 is 6.03 Å². The Labute approximate surface area is 112 Å². The Morgan fingerprint density at radius 1 is 1.17 bits per heavy atom. The Balaban J connectivity index is 2.70. The van der Waals surface area contributed by atoms with E-state index in [0.717, 1.165) is 13.0 Å². The van der Waals surface area contributed by atoms with Crippen LogP contribution in [0, 0.1) is 0 Å². The Morgan fingerprint density at radius 3 is 2.17 bits per heavy atom. The third-order valence-corrected chi connectivity index (χ3v) is 4.37. The van der Waals surface area contributed by atoms with Crippen molar-refractivity contribution < 1.29 is 4.79 Å². The Hall–Kier alpha value is -0.770. The lowest BCUT2D eigenvalue weighted by atomic mass is 10.1. The molecule has 1 fully saturated rings. The summed E-state index contributed by atoms with van der Waals surface area (Å²) >= 11 is 0. The van der Waals surface area contributed by atoms with Gasteiger partial charge in [-0.05, 0) is 48.1 Å². The van der Waals surface area contributed by atoms with Gasteiger partial charge in [-0.2, -0.15) is 0 Å². The third-order valence-electron chi connectivity index (χ3n) is 4.37. The first kappa shape index (κ1) is 15.3. The number of nitrogens with zero attached hydrogens (tertiary/aromatic N) is 3. The monoisotopic (exact) mass is 255 g/mol. The highest BCUT2D eigenvalue weighted by Crippen LogP contribution is 2.24. The number of amides is 2. The maximum Gasteiger partial charge on any atom is 0.320 e. The van der Waals surface area contributed by atoms with Gasteiger partial charge in [0.25, 0.3) is 0 Å². The van der Waals surface area contributed by atoms with Crippen molar-refractivity contribution in [3.63, 3.8) is 0 Å². The quantitative estimate of drug-likeness (QED) is 0.773. The molecule has 1 aliphatic rings. The fourth-order valence-corrected chi connectivity index (χ4v) is 2.54. The molecule has 2 amide bonds. The van der Waals surface area contributed by atoms with Gasteiger partial charge in [-0.1, -0.05) is 0 Å². The summed E-state index contributed by atoms with van der Waals surface area (Å²) in [6.45, 7) is 11.6. The molecule has 0 spiro atoms. The zero-order chi connectivity index (χ0) is 14.0. The molecule has 0 bridgehead atoms. The van der Waals surface area contributed by atoms with Crippen molar-refractivity contribution >= 4 is 6.03 Å². The summed E-state index contributed by atoms with van der Waals surface area (Å²) in [6.07, 6.45) is 1.08. The fourth-order valence-electron chi connectivity index (χ4n) is 2.54. The maximum atomic E-state index is 12.4. The highest BCUT2D eigenvalue weighted by Gasteiger charge is 2.37. The van der Waals surface area contributed by atoms with Gasteiger partial charge in [-0.3, -0.25) is 4.90 Å². The molecule has 1 rings (SSSR count). The lowest BCUT2D eigenvalue weighted by Crippen LogP contribution is -2.50. The molecule has 0 aromatic carbocycles. The summed E-state index contributed by atoms with van der Waals surface area (Å²) in [7, 11) is 4.05. The van der Waals surface area contributed by atoms with E-state index in [0.29, 0.717) is 18.1 Å². The van der Waals surface area contributed by atoms with Crippen molar-refractivity contribution in [3.05, 3.63) is 0 Å². The molecule has 1 heterocycles. The first-order valence-corrected chi connectivity index (χ1v) is 7.02. The molecule has 1 aliphatic heterocycles. The molecule has 18 heavy (non-hydrogen) atoms. The maximum absolute atomic E-state index is 12.4. The standard InChI is InChI=1S/C14H29N3O/c1-10(2)15(6)13-8-9-17(12(13)5)14(18)16(7)11(3)4/h10-13H,8-9H2,1-7H3. The van der Waals surface area contributed by atoms with E-state index in [1.54, 1.807) is 0 Å². The van der Waals surface area contributed by atoms with Crippen molar-refractivity contribution in [3.8, 4) is 0 Å². The number of likely N-dealkylation sites (tertiary alicyclic amines) is 1. The van der Waals surface area contributed by atoms with Crippen LogP contribution in [0.1, 0.15) is 41.0 Å². The van der Waals surface area contributed by atoms with Crippen LogP contribution in [0.5, 0.6) is 0 Å². The molecule has 0 N–H and O–H groups in total. The number of urea groups is 1. The molecule has 2 atom stereocenters. The molecule has 2 unspecified atom stereocenters. The van der Waals surface area contributed by atoms with Crippen LogP contribution in [-0.2, 0) is 0 Å². The van der Waals surface area contributed by atoms with Crippen LogP contribution >= 0.6 is 0 Å². The summed E-state index contributed by atoms with van der Waals surface area (Å²) < 4.78 is 0. The summed E-state index contributed by atoms with van der Waals surface area (Å²) in [6, 6.07) is 1.72. The number of hydrogen-bond acceptors (Lipinski definition) is 2. The minimum Gasteiger partial charge on any atom is -0.325 e. The van der Waals surface area contributed by atoms with E-state index in [-0.39, 0.29) is 12.1 Å². The highest BCUT2D eigenvalue weighted by atomic mass is 16.2. The summed E-state index contributed by atoms with van der Waals surface area (Å²) in [4.78, 5) is 18.6. The molecule has 0 radical (unpaired) electrons. The molecule has 106 valence electrons. The average molecular weight is 255 g/mol. The SMILES string of the molecule is CC(C)N(C)C(=O)N1CCC(N(C)C(C)C)C1C. The van der Waals surface area contributed by atoms with Gasteiger partial charge in [-0.15, -0.1) is 0 Å². The second-order valence-corrected chi connectivity index (χ2v) is 6.04. The molecule has 0 aromatic heterocycles. The van der Waals surface area contributed by atoms with E-state index in [1.165, 1.54) is 0 Å². The number of carbonyl (C=O) groups is 1. The van der Waals surface area contributed by atoms with Crippen molar-refractivity contribution in [2.24, 2.45) is 0 Å². The van der Waals surface area contributed by atoms with Crippen molar-refractivity contribution in [2.75, 3.05) is 20.6 Å². The van der Waals surface area contributed by atoms with Gasteiger partial charge in [0.15, 0.2) is 0 Å². The highest BCUT2D eigenvalue weighted by molar-refractivity contribution is 5.75. The number of likely N-dealkylation sites (N-methyl/N-ethyl adjacent to an activating group) is 1. The first-order chi connectivity index (χ1) is 8.27. The first-order valence-electron chi connectivity index (χ1n) is 7.02. The number of rotatable bonds is 3. The van der Waals surface area contributed by atoms with Crippen molar-refractivity contribution in [2.45, 2.75) is 65.2 Å². The molecule has 0 aromatic rings. The third kappa shape index (κ3) is 2.97. The van der Waals surface area contributed by atoms with Crippen LogP contribution < -0.4 is 0 Å². The van der Waals surface area contributed by atoms with Crippen LogP contribution in [-0.4, -0.2) is 65.5 Å². The van der Waals surface area contributed by atoms with E-state index in [9.17, 15) is 4.79 Å². The molecule has 4 nitrogen and oxygen atoms in total. The van der Waals surface area contributed by atoms with Crippen LogP contribution in [0.4, 0.5) is 4.79 Å². The zero-order valence-corrected chi connectivity index (χ0v) is 13.0. The van der Waals surface area contributed by atoms with E-state index in [1.807, 2.05) is 16.8 Å². The van der Waals surface area contributed by atoms with E-state index >= 15 is 0 Å². The second-order valence-electron chi connectivity index (χ2n) is 6.04. The molecular formula is C14H29N3O. The molecular weight excluding hydrogens is 226 g/mol. The van der Waals surface area contributed by atoms with E-state index in [4.69, 9.17) is 0 Å². The van der Waals surface area contributed by atoms with Crippen LogP contribution in [0.15, 0.2) is 0 Å². The lowest BCUT2D eigenvalue weighted by molar-refractivity contribution is 0.126. The summed E-state index contributed by atoms with van der Waals surface area (Å²) in [5, 5.41) is 0. The summed E-state index contributed by atoms with van der Waals surface area (Å²) in [5.74, 6) is 0. The minimum atomic E-state index is 0.164. The zero-order valence-electron chi connectivity index (χ0n) is 13.0.